The van der Waals surface area contributed by atoms with Crippen LogP contribution in [-0.4, -0.2) is 30.2 Å². The van der Waals surface area contributed by atoms with Crippen molar-refractivity contribution in [1.82, 2.24) is 10.3 Å². The summed E-state index contributed by atoms with van der Waals surface area (Å²) >= 11 is 0. The minimum atomic E-state index is 0.170. The van der Waals surface area contributed by atoms with Gasteiger partial charge in [-0.25, -0.2) is 4.98 Å². The Morgan fingerprint density at radius 2 is 2.15 bits per heavy atom. The van der Waals surface area contributed by atoms with Gasteiger partial charge in [0.15, 0.2) is 0 Å². The van der Waals surface area contributed by atoms with E-state index in [1.807, 2.05) is 19.2 Å². The molecule has 0 aromatic carbocycles. The van der Waals surface area contributed by atoms with E-state index in [1.54, 1.807) is 0 Å². The molecular weight excluding hydrogens is 248 g/mol. The fraction of sp³-hybridized carbons (Fsp3) is 0.625. The predicted molar refractivity (Wildman–Crippen MR) is 79.7 cm³/mol. The van der Waals surface area contributed by atoms with E-state index in [-0.39, 0.29) is 5.54 Å². The largest absolute Gasteiger partial charge is 0.347 e. The number of rotatable bonds is 1. The average Bonchev–Trinajstić information content (AvgIpc) is 2.48. The second-order valence-electron chi connectivity index (χ2n) is 6.05. The molecule has 106 valence electrons. The Morgan fingerprint density at radius 3 is 2.90 bits per heavy atom. The topological polar surface area (TPSA) is 52.0 Å². The lowest BCUT2D eigenvalue weighted by Crippen LogP contribution is -2.62. The first kappa shape index (κ1) is 13.4. The Balaban J connectivity index is 2.02. The van der Waals surface area contributed by atoms with E-state index >= 15 is 0 Å². The van der Waals surface area contributed by atoms with Crippen molar-refractivity contribution in [1.29, 1.82) is 5.26 Å². The molecule has 0 atom stereocenters. The lowest BCUT2D eigenvalue weighted by molar-refractivity contribution is 0.239. The number of aromatic nitrogens is 1. The number of anilines is 1. The molecule has 1 aromatic heterocycles. The molecule has 2 heterocycles. The van der Waals surface area contributed by atoms with Crippen molar-refractivity contribution in [3.8, 4) is 6.07 Å². The summed E-state index contributed by atoms with van der Waals surface area (Å²) in [4.78, 5) is 6.98. The van der Waals surface area contributed by atoms with Crippen LogP contribution in [0.25, 0.3) is 0 Å². The van der Waals surface area contributed by atoms with Gasteiger partial charge in [-0.05, 0) is 31.4 Å². The van der Waals surface area contributed by atoms with Gasteiger partial charge in [-0.15, -0.1) is 0 Å². The maximum absolute atomic E-state index is 9.48. The van der Waals surface area contributed by atoms with Crippen molar-refractivity contribution in [3.05, 3.63) is 23.4 Å². The normalized spacial score (nSPS) is 21.7. The first-order valence-corrected chi connectivity index (χ1v) is 7.61. The van der Waals surface area contributed by atoms with Crippen LogP contribution in [0.15, 0.2) is 12.3 Å². The van der Waals surface area contributed by atoms with E-state index in [0.29, 0.717) is 0 Å². The number of piperazine rings is 1. The van der Waals surface area contributed by atoms with E-state index in [0.717, 1.165) is 36.6 Å². The van der Waals surface area contributed by atoms with Crippen molar-refractivity contribution >= 4 is 5.82 Å². The molecule has 20 heavy (non-hydrogen) atoms. The molecule has 0 bridgehead atoms. The van der Waals surface area contributed by atoms with Gasteiger partial charge < -0.3 is 10.2 Å². The van der Waals surface area contributed by atoms with Gasteiger partial charge in [-0.3, -0.25) is 0 Å². The quantitative estimate of drug-likeness (QED) is 0.851. The van der Waals surface area contributed by atoms with E-state index in [9.17, 15) is 5.26 Å². The molecule has 2 aliphatic rings. The van der Waals surface area contributed by atoms with Crippen LogP contribution >= 0.6 is 0 Å². The summed E-state index contributed by atoms with van der Waals surface area (Å²) in [6.07, 6.45) is 8.16. The highest BCUT2D eigenvalue weighted by molar-refractivity contribution is 5.59. The zero-order chi connectivity index (χ0) is 14.0. The monoisotopic (exact) mass is 270 g/mol. The van der Waals surface area contributed by atoms with Crippen LogP contribution in [0.1, 0.15) is 43.2 Å². The molecule has 0 amide bonds. The zero-order valence-corrected chi connectivity index (χ0v) is 12.2. The first-order chi connectivity index (χ1) is 9.77. The highest BCUT2D eigenvalue weighted by Gasteiger charge is 2.41. The van der Waals surface area contributed by atoms with E-state index < -0.39 is 0 Å². The van der Waals surface area contributed by atoms with Crippen molar-refractivity contribution in [3.63, 3.8) is 0 Å². The molecule has 4 nitrogen and oxygen atoms in total. The van der Waals surface area contributed by atoms with Gasteiger partial charge in [-0.2, -0.15) is 5.26 Å². The van der Waals surface area contributed by atoms with Crippen LogP contribution < -0.4 is 10.2 Å². The third-order valence-corrected chi connectivity index (χ3v) is 4.83. The molecule has 1 aliphatic heterocycles. The Labute approximate surface area is 120 Å². The number of nitrogens with zero attached hydrogens (tertiary/aromatic N) is 3. The maximum atomic E-state index is 9.48. The van der Waals surface area contributed by atoms with E-state index in [1.165, 1.54) is 32.1 Å². The van der Waals surface area contributed by atoms with Crippen LogP contribution in [0.2, 0.25) is 0 Å². The summed E-state index contributed by atoms with van der Waals surface area (Å²) in [5, 5.41) is 13.0. The maximum Gasteiger partial charge on any atom is 0.147 e. The van der Waals surface area contributed by atoms with E-state index in [2.05, 4.69) is 21.3 Å². The number of hydrogen-bond acceptors (Lipinski definition) is 4. The molecule has 2 fully saturated rings. The average molecular weight is 270 g/mol. The van der Waals surface area contributed by atoms with Gasteiger partial charge in [0.05, 0.1) is 11.1 Å². The SMILES string of the molecule is Cc1ccnc(N2CCNCC23CCCCC3)c1C#N. The van der Waals surface area contributed by atoms with Gasteiger partial charge >= 0.3 is 0 Å². The van der Waals surface area contributed by atoms with Gasteiger partial charge in [0.25, 0.3) is 0 Å². The molecule has 1 saturated heterocycles. The number of nitrogens with one attached hydrogen (secondary N) is 1. The second-order valence-corrected chi connectivity index (χ2v) is 6.05. The molecule has 0 unspecified atom stereocenters. The summed E-state index contributed by atoms with van der Waals surface area (Å²) in [6.45, 7) is 4.94. The Bertz CT molecular complexity index is 518. The Hall–Kier alpha value is -1.60. The second kappa shape index (κ2) is 5.41. The molecule has 1 saturated carbocycles. The highest BCUT2D eigenvalue weighted by Crippen LogP contribution is 2.38. The Morgan fingerprint density at radius 1 is 1.35 bits per heavy atom. The number of nitriles is 1. The molecule has 4 heteroatoms. The summed E-state index contributed by atoms with van der Waals surface area (Å²) in [6, 6.07) is 4.29. The van der Waals surface area contributed by atoms with Gasteiger partial charge in [0.1, 0.15) is 11.9 Å². The fourth-order valence-corrected chi connectivity index (χ4v) is 3.72. The molecule has 1 N–H and O–H groups in total. The van der Waals surface area contributed by atoms with Crippen LogP contribution in [0.5, 0.6) is 0 Å². The number of hydrogen-bond donors (Lipinski definition) is 1. The lowest BCUT2D eigenvalue weighted by atomic mass is 9.79. The molecular formula is C16H22N4. The minimum Gasteiger partial charge on any atom is -0.347 e. The molecule has 1 aliphatic carbocycles. The predicted octanol–water partition coefficient (Wildman–Crippen LogP) is 2.37. The molecule has 1 aromatic rings. The third kappa shape index (κ3) is 2.16. The molecule has 0 radical (unpaired) electrons. The van der Waals surface area contributed by atoms with Crippen LogP contribution in [0.3, 0.4) is 0 Å². The third-order valence-electron chi connectivity index (χ3n) is 4.83. The molecule has 3 rings (SSSR count). The summed E-state index contributed by atoms with van der Waals surface area (Å²) in [5.74, 6) is 0.899. The number of pyridine rings is 1. The summed E-state index contributed by atoms with van der Waals surface area (Å²) in [7, 11) is 0. The van der Waals surface area contributed by atoms with E-state index in [4.69, 9.17) is 0 Å². The highest BCUT2D eigenvalue weighted by atomic mass is 15.3. The van der Waals surface area contributed by atoms with Crippen LogP contribution in [0.4, 0.5) is 5.82 Å². The molecule has 1 spiro atoms. The first-order valence-electron chi connectivity index (χ1n) is 7.61. The van der Waals surface area contributed by atoms with Crippen molar-refractivity contribution in [2.24, 2.45) is 0 Å². The summed E-state index contributed by atoms with van der Waals surface area (Å²) < 4.78 is 0. The van der Waals surface area contributed by atoms with Crippen molar-refractivity contribution in [2.75, 3.05) is 24.5 Å². The van der Waals surface area contributed by atoms with Crippen molar-refractivity contribution in [2.45, 2.75) is 44.6 Å². The van der Waals surface area contributed by atoms with Gasteiger partial charge in [0.2, 0.25) is 0 Å². The summed E-state index contributed by atoms with van der Waals surface area (Å²) in [5.41, 5.74) is 1.95. The van der Waals surface area contributed by atoms with Crippen molar-refractivity contribution < 1.29 is 0 Å². The van der Waals surface area contributed by atoms with Gasteiger partial charge in [-0.1, -0.05) is 19.3 Å². The van der Waals surface area contributed by atoms with Crippen LogP contribution in [0, 0.1) is 18.3 Å². The Kier molecular flexibility index (Phi) is 3.62. The standard InChI is InChI=1S/C16H22N4/c1-13-5-8-19-15(14(13)11-17)20-10-9-18-12-16(20)6-3-2-4-7-16/h5,8,18H,2-4,6-7,9-10,12H2,1H3. The minimum absolute atomic E-state index is 0.170. The van der Waals surface area contributed by atoms with Crippen LogP contribution in [-0.2, 0) is 0 Å². The fourth-order valence-electron chi connectivity index (χ4n) is 3.72. The smallest absolute Gasteiger partial charge is 0.147 e. The van der Waals surface area contributed by atoms with Gasteiger partial charge in [0, 0.05) is 25.8 Å². The lowest BCUT2D eigenvalue weighted by Gasteiger charge is -2.50. The zero-order valence-electron chi connectivity index (χ0n) is 12.2. The number of aryl methyl sites for hydroxylation is 1.